The number of anilines is 1. The van der Waals surface area contributed by atoms with E-state index < -0.39 is 23.9 Å². The van der Waals surface area contributed by atoms with Gasteiger partial charge in [-0.25, -0.2) is 9.59 Å². The number of carbonyl (C=O) groups is 3. The Morgan fingerprint density at radius 2 is 1.77 bits per heavy atom. The number of benzene rings is 2. The Hall–Kier alpha value is -4.08. The Morgan fingerprint density at radius 3 is 2.52 bits per heavy atom. The van der Waals surface area contributed by atoms with Crippen LogP contribution in [0.5, 0.6) is 0 Å². The minimum Gasteiger partial charge on any atom is -0.465 e. The highest BCUT2D eigenvalue weighted by Gasteiger charge is 2.33. The first kappa shape index (κ1) is 30.0. The summed E-state index contributed by atoms with van der Waals surface area (Å²) in [6.07, 6.45) is 2.38. The molecular weight excluding hydrogens is 574 g/mol. The van der Waals surface area contributed by atoms with E-state index in [-0.39, 0.29) is 6.42 Å². The lowest BCUT2D eigenvalue weighted by Crippen LogP contribution is -2.35. The fraction of sp³-hybridized carbons (Fsp3) is 0.371. The smallest absolute Gasteiger partial charge is 0.341 e. The second-order valence-electron chi connectivity index (χ2n) is 11.4. The van der Waals surface area contributed by atoms with Crippen molar-refractivity contribution in [3.63, 3.8) is 0 Å². The number of hydrogen-bond acceptors (Lipinski definition) is 8. The van der Waals surface area contributed by atoms with Gasteiger partial charge in [0.15, 0.2) is 6.10 Å². The molecule has 1 N–H and O–H groups in total. The first-order valence-electron chi connectivity index (χ1n) is 15.3. The van der Waals surface area contributed by atoms with E-state index in [9.17, 15) is 14.4 Å². The van der Waals surface area contributed by atoms with Crippen LogP contribution in [0.1, 0.15) is 80.6 Å². The number of carbonyl (C=O) groups excluding carboxylic acids is 3. The number of amides is 1. The number of nitrogens with one attached hydrogen (secondary N) is 1. The van der Waals surface area contributed by atoms with Gasteiger partial charge in [0, 0.05) is 41.0 Å². The van der Waals surface area contributed by atoms with E-state index >= 15 is 0 Å². The van der Waals surface area contributed by atoms with Gasteiger partial charge < -0.3 is 14.8 Å². The van der Waals surface area contributed by atoms with Gasteiger partial charge in [-0.05, 0) is 55.3 Å². The fourth-order valence-electron chi connectivity index (χ4n) is 6.45. The summed E-state index contributed by atoms with van der Waals surface area (Å²) in [4.78, 5) is 48.7. The molecule has 0 radical (unpaired) electrons. The number of pyridine rings is 1. The lowest BCUT2D eigenvalue weighted by molar-refractivity contribution is -0.124. The molecule has 1 amide bonds. The molecule has 2 aliphatic rings. The molecule has 44 heavy (non-hydrogen) atoms. The van der Waals surface area contributed by atoms with Gasteiger partial charge in [-0.3, -0.25) is 14.7 Å². The molecule has 2 aromatic carbocycles. The summed E-state index contributed by atoms with van der Waals surface area (Å²) in [5, 5.41) is 4.11. The summed E-state index contributed by atoms with van der Waals surface area (Å²) in [6, 6.07) is 17.9. The summed E-state index contributed by atoms with van der Waals surface area (Å²) in [5.41, 5.74) is 5.59. The summed E-state index contributed by atoms with van der Waals surface area (Å²) in [6.45, 7) is 6.25. The molecule has 0 saturated heterocycles. The van der Waals surface area contributed by atoms with E-state index in [0.29, 0.717) is 35.0 Å². The largest absolute Gasteiger partial charge is 0.465 e. The van der Waals surface area contributed by atoms with Crippen LogP contribution in [0.2, 0.25) is 0 Å². The molecule has 0 saturated carbocycles. The summed E-state index contributed by atoms with van der Waals surface area (Å²) >= 11 is 1.41. The van der Waals surface area contributed by atoms with Crippen molar-refractivity contribution in [2.75, 3.05) is 25.5 Å². The molecule has 228 valence electrons. The maximum Gasteiger partial charge on any atom is 0.341 e. The SMILES string of the molecule is CCC(OC(=O)c1c2c(nc3ccccc13)CCN(CC)C2)C(=O)Nc1sc2c(c1C(=O)OC)CCC(c1ccccc1)C2. The van der Waals surface area contributed by atoms with E-state index in [2.05, 4.69) is 29.3 Å². The van der Waals surface area contributed by atoms with Gasteiger partial charge in [0.1, 0.15) is 5.00 Å². The molecule has 2 aromatic heterocycles. The number of fused-ring (bicyclic) bond motifs is 3. The summed E-state index contributed by atoms with van der Waals surface area (Å²) in [7, 11) is 1.35. The molecule has 1 aliphatic heterocycles. The van der Waals surface area contributed by atoms with Crippen molar-refractivity contribution in [1.82, 2.24) is 9.88 Å². The normalized spacial score (nSPS) is 16.9. The third-order valence-corrected chi connectivity index (χ3v) is 10.0. The van der Waals surface area contributed by atoms with E-state index in [4.69, 9.17) is 14.5 Å². The van der Waals surface area contributed by atoms with Crippen molar-refractivity contribution in [3.05, 3.63) is 93.0 Å². The molecule has 0 spiro atoms. The summed E-state index contributed by atoms with van der Waals surface area (Å²) < 4.78 is 11.1. The van der Waals surface area contributed by atoms with Gasteiger partial charge >= 0.3 is 11.9 Å². The lowest BCUT2D eigenvalue weighted by Gasteiger charge is -2.29. The third-order valence-electron chi connectivity index (χ3n) is 8.85. The third kappa shape index (κ3) is 5.74. The van der Waals surface area contributed by atoms with Crippen molar-refractivity contribution in [1.29, 1.82) is 0 Å². The van der Waals surface area contributed by atoms with Crippen LogP contribution < -0.4 is 5.32 Å². The van der Waals surface area contributed by atoms with Crippen LogP contribution in [0.25, 0.3) is 10.9 Å². The molecule has 8 nitrogen and oxygen atoms in total. The monoisotopic (exact) mass is 611 g/mol. The molecule has 2 atom stereocenters. The quantitative estimate of drug-likeness (QED) is 0.233. The van der Waals surface area contributed by atoms with Gasteiger partial charge in [-0.15, -0.1) is 11.3 Å². The zero-order chi connectivity index (χ0) is 30.8. The lowest BCUT2D eigenvalue weighted by atomic mass is 9.83. The van der Waals surface area contributed by atoms with Gasteiger partial charge in [0.05, 0.1) is 23.8 Å². The molecule has 0 fully saturated rings. The summed E-state index contributed by atoms with van der Waals surface area (Å²) in [5.74, 6) is -1.14. The van der Waals surface area contributed by atoms with Gasteiger partial charge in [-0.1, -0.05) is 62.4 Å². The molecule has 3 heterocycles. The molecule has 6 rings (SSSR count). The second kappa shape index (κ2) is 12.9. The van der Waals surface area contributed by atoms with E-state index in [1.165, 1.54) is 24.0 Å². The highest BCUT2D eigenvalue weighted by Crippen LogP contribution is 2.43. The van der Waals surface area contributed by atoms with Crippen molar-refractivity contribution in [2.45, 2.75) is 64.5 Å². The highest BCUT2D eigenvalue weighted by atomic mass is 32.1. The number of nitrogens with zero attached hydrogens (tertiary/aromatic N) is 2. The number of para-hydroxylation sites is 1. The molecule has 2 unspecified atom stereocenters. The van der Waals surface area contributed by atoms with Gasteiger partial charge in [0.25, 0.3) is 5.91 Å². The molecule has 4 aromatic rings. The molecule has 9 heteroatoms. The standard InChI is InChI=1S/C35H37N3O5S/c1-4-28(43-35(41)30-23-13-9-10-14-26(23)36-27-17-18-38(5-2)20-25(27)30)32(39)37-33-31(34(40)42-3)24-16-15-22(19-29(24)44-33)21-11-7-6-8-12-21/h6-14,22,28H,4-5,15-20H2,1-3H3,(H,37,39). The van der Waals surface area contributed by atoms with Crippen LogP contribution in [0, 0.1) is 0 Å². The Balaban J connectivity index is 1.27. The van der Waals surface area contributed by atoms with Crippen molar-refractivity contribution < 1.29 is 23.9 Å². The molecular formula is C35H37N3O5S. The van der Waals surface area contributed by atoms with Crippen LogP contribution in [0.3, 0.4) is 0 Å². The highest BCUT2D eigenvalue weighted by molar-refractivity contribution is 7.17. The zero-order valence-corrected chi connectivity index (χ0v) is 26.2. The Labute approximate surface area is 261 Å². The average Bonchev–Trinajstić information content (AvgIpc) is 3.42. The number of esters is 2. The number of methoxy groups -OCH3 is 1. The van der Waals surface area contributed by atoms with Crippen LogP contribution in [0.15, 0.2) is 54.6 Å². The van der Waals surface area contributed by atoms with Crippen LogP contribution in [-0.4, -0.2) is 54.0 Å². The van der Waals surface area contributed by atoms with Crippen molar-refractivity contribution in [3.8, 4) is 0 Å². The molecule has 0 bridgehead atoms. The number of hydrogen-bond donors (Lipinski definition) is 1. The fourth-order valence-corrected chi connectivity index (χ4v) is 7.77. The number of likely N-dealkylation sites (N-methyl/N-ethyl adjacent to an activating group) is 1. The molecule has 1 aliphatic carbocycles. The van der Waals surface area contributed by atoms with Crippen LogP contribution in [0.4, 0.5) is 5.00 Å². The number of thiophene rings is 1. The van der Waals surface area contributed by atoms with Gasteiger partial charge in [0.2, 0.25) is 0 Å². The Bertz CT molecular complexity index is 1720. The van der Waals surface area contributed by atoms with E-state index in [1.54, 1.807) is 0 Å². The second-order valence-corrected chi connectivity index (χ2v) is 12.5. The average molecular weight is 612 g/mol. The van der Waals surface area contributed by atoms with Gasteiger partial charge in [-0.2, -0.15) is 0 Å². The van der Waals surface area contributed by atoms with Crippen LogP contribution in [-0.2, 0) is 40.1 Å². The topological polar surface area (TPSA) is 97.8 Å². The number of ether oxygens (including phenoxy) is 2. The first-order chi connectivity index (χ1) is 21.4. The minimum atomic E-state index is -1.04. The van der Waals surface area contributed by atoms with E-state index in [0.717, 1.165) is 65.0 Å². The Morgan fingerprint density at radius 1 is 1.00 bits per heavy atom. The number of aromatic nitrogens is 1. The number of rotatable bonds is 8. The zero-order valence-electron chi connectivity index (χ0n) is 25.4. The predicted molar refractivity (Wildman–Crippen MR) is 171 cm³/mol. The van der Waals surface area contributed by atoms with Crippen molar-refractivity contribution in [2.24, 2.45) is 0 Å². The first-order valence-corrected chi connectivity index (χ1v) is 16.2. The van der Waals surface area contributed by atoms with E-state index in [1.807, 2.05) is 49.4 Å². The Kier molecular flexibility index (Phi) is 8.77. The van der Waals surface area contributed by atoms with Crippen LogP contribution >= 0.6 is 11.3 Å². The predicted octanol–water partition coefficient (Wildman–Crippen LogP) is 6.31. The maximum absolute atomic E-state index is 13.9. The maximum atomic E-state index is 13.9. The minimum absolute atomic E-state index is 0.276. The van der Waals surface area contributed by atoms with Crippen molar-refractivity contribution >= 4 is 45.1 Å².